The molecule has 26 heavy (non-hydrogen) atoms. The van der Waals surface area contributed by atoms with Gasteiger partial charge in [0.1, 0.15) is 12.9 Å². The van der Waals surface area contributed by atoms with Crippen molar-refractivity contribution < 1.29 is 4.79 Å². The number of rotatable bonds is 2. The number of halogens is 1. The molecular formula is C18H20ClN5O2. The lowest BCUT2D eigenvalue weighted by Gasteiger charge is -2.39. The number of hydrogen-bond donors (Lipinski definition) is 0. The molecule has 1 aromatic carbocycles. The fourth-order valence-electron chi connectivity index (χ4n) is 3.85. The molecule has 3 heterocycles. The Balaban J connectivity index is 1.73. The maximum absolute atomic E-state index is 12.8. The lowest BCUT2D eigenvalue weighted by Crippen LogP contribution is -2.49. The molecule has 1 fully saturated rings. The van der Waals surface area contributed by atoms with Crippen molar-refractivity contribution in [2.24, 2.45) is 0 Å². The van der Waals surface area contributed by atoms with E-state index in [0.29, 0.717) is 16.2 Å². The minimum Gasteiger partial charge on any atom is -0.336 e. The van der Waals surface area contributed by atoms with Crippen molar-refractivity contribution in [1.82, 2.24) is 24.1 Å². The monoisotopic (exact) mass is 373 g/mol. The van der Waals surface area contributed by atoms with E-state index < -0.39 is 0 Å². The number of benzene rings is 1. The molecule has 7 nitrogen and oxygen atoms in total. The Labute approximate surface area is 155 Å². The third-order valence-electron chi connectivity index (χ3n) is 5.15. The van der Waals surface area contributed by atoms with Gasteiger partial charge in [-0.1, -0.05) is 11.6 Å². The number of carbonyl (C=O) groups excluding carboxylic acids is 1. The molecule has 0 saturated carbocycles. The highest BCUT2D eigenvalue weighted by Gasteiger charge is 2.29. The number of carbonyl (C=O) groups is 1. The van der Waals surface area contributed by atoms with Gasteiger partial charge in [-0.05, 0) is 51.3 Å². The Morgan fingerprint density at radius 1 is 1.27 bits per heavy atom. The van der Waals surface area contributed by atoms with E-state index in [1.807, 2.05) is 4.90 Å². The Bertz CT molecular complexity index is 1050. The Hall–Kier alpha value is -2.41. The zero-order chi connectivity index (χ0) is 18.4. The van der Waals surface area contributed by atoms with Crippen molar-refractivity contribution in [3.63, 3.8) is 0 Å². The quantitative estimate of drug-likeness (QED) is 0.691. The van der Waals surface area contributed by atoms with Crippen molar-refractivity contribution in [3.05, 3.63) is 40.0 Å². The molecule has 0 N–H and O–H groups in total. The average molecular weight is 374 g/mol. The topological polar surface area (TPSA) is 72.5 Å². The van der Waals surface area contributed by atoms with Crippen molar-refractivity contribution >= 4 is 34.1 Å². The molecule has 2 unspecified atom stereocenters. The van der Waals surface area contributed by atoms with Crippen molar-refractivity contribution in [3.8, 4) is 0 Å². The molecule has 2 atom stereocenters. The molecule has 4 rings (SSSR count). The van der Waals surface area contributed by atoms with Gasteiger partial charge in [0.15, 0.2) is 5.65 Å². The molecule has 3 aromatic rings. The van der Waals surface area contributed by atoms with Gasteiger partial charge in [-0.15, -0.1) is 5.10 Å². The first kappa shape index (κ1) is 17.0. The van der Waals surface area contributed by atoms with Crippen LogP contribution in [0.3, 0.4) is 0 Å². The second kappa shape index (κ2) is 6.39. The second-order valence-corrected chi connectivity index (χ2v) is 7.41. The van der Waals surface area contributed by atoms with Gasteiger partial charge in [-0.25, -0.2) is 18.9 Å². The van der Waals surface area contributed by atoms with Crippen molar-refractivity contribution in [2.75, 3.05) is 0 Å². The molecule has 0 radical (unpaired) electrons. The Kier molecular flexibility index (Phi) is 4.19. The molecule has 1 aliphatic heterocycles. The standard InChI is InChI=1S/C18H20ClN5O2/c1-11-4-3-5-12(2)24(11)16(25)9-23-18(26)22-10-20-15-8-13(19)6-7-14(15)17(22)21-23/h6-8,10-12H,3-5,9H2,1-2H3. The van der Waals surface area contributed by atoms with E-state index in [0.717, 1.165) is 24.6 Å². The Morgan fingerprint density at radius 2 is 2.00 bits per heavy atom. The minimum atomic E-state index is -0.366. The summed E-state index contributed by atoms with van der Waals surface area (Å²) < 4.78 is 2.59. The van der Waals surface area contributed by atoms with E-state index in [2.05, 4.69) is 23.9 Å². The van der Waals surface area contributed by atoms with Gasteiger partial charge >= 0.3 is 5.69 Å². The third-order valence-corrected chi connectivity index (χ3v) is 5.39. The summed E-state index contributed by atoms with van der Waals surface area (Å²) in [6.45, 7) is 4.05. The summed E-state index contributed by atoms with van der Waals surface area (Å²) in [5, 5.41) is 5.68. The van der Waals surface area contributed by atoms with E-state index in [9.17, 15) is 9.59 Å². The molecule has 1 amide bonds. The summed E-state index contributed by atoms with van der Waals surface area (Å²) >= 11 is 6.00. The van der Waals surface area contributed by atoms with Gasteiger partial charge in [-0.3, -0.25) is 4.79 Å². The number of piperidine rings is 1. The van der Waals surface area contributed by atoms with Crippen LogP contribution in [0.2, 0.25) is 5.02 Å². The van der Waals surface area contributed by atoms with Gasteiger partial charge in [0.25, 0.3) is 0 Å². The van der Waals surface area contributed by atoms with Crippen molar-refractivity contribution in [1.29, 1.82) is 0 Å². The minimum absolute atomic E-state index is 0.0652. The maximum Gasteiger partial charge on any atom is 0.352 e. The number of aromatic nitrogens is 4. The highest BCUT2D eigenvalue weighted by molar-refractivity contribution is 6.31. The number of nitrogens with zero attached hydrogens (tertiary/aromatic N) is 5. The largest absolute Gasteiger partial charge is 0.352 e. The SMILES string of the molecule is CC1CCCC(C)N1C(=O)Cn1nc2c3ccc(Cl)cc3ncn2c1=O. The predicted molar refractivity (Wildman–Crippen MR) is 99.4 cm³/mol. The smallest absolute Gasteiger partial charge is 0.336 e. The van der Waals surface area contributed by atoms with Crippen molar-refractivity contribution in [2.45, 2.75) is 51.7 Å². The summed E-state index contributed by atoms with van der Waals surface area (Å²) in [5.74, 6) is -0.0736. The molecule has 136 valence electrons. The summed E-state index contributed by atoms with van der Waals surface area (Å²) in [6.07, 6.45) is 4.54. The lowest BCUT2D eigenvalue weighted by molar-refractivity contribution is -0.138. The van der Waals surface area contributed by atoms with Gasteiger partial charge in [0.2, 0.25) is 5.91 Å². The summed E-state index contributed by atoms with van der Waals surface area (Å²) in [7, 11) is 0. The van der Waals surface area contributed by atoms with Crippen LogP contribution in [-0.4, -0.2) is 42.1 Å². The number of likely N-dealkylation sites (tertiary alicyclic amines) is 1. The van der Waals surface area contributed by atoms with E-state index in [1.165, 1.54) is 15.4 Å². The third kappa shape index (κ3) is 2.76. The van der Waals surface area contributed by atoms with Crippen LogP contribution >= 0.6 is 11.6 Å². The molecule has 1 saturated heterocycles. The van der Waals surface area contributed by atoms with Crippen LogP contribution in [0.25, 0.3) is 16.6 Å². The zero-order valence-electron chi connectivity index (χ0n) is 14.7. The van der Waals surface area contributed by atoms with E-state index >= 15 is 0 Å². The van der Waals surface area contributed by atoms with Crippen LogP contribution in [0, 0.1) is 0 Å². The number of hydrogen-bond acceptors (Lipinski definition) is 4. The van der Waals surface area contributed by atoms with E-state index in [1.54, 1.807) is 18.2 Å². The maximum atomic E-state index is 12.8. The number of fused-ring (bicyclic) bond motifs is 3. The average Bonchev–Trinajstić information content (AvgIpc) is 2.90. The molecule has 2 aromatic heterocycles. The van der Waals surface area contributed by atoms with Gasteiger partial charge in [-0.2, -0.15) is 0 Å². The normalized spacial score (nSPS) is 20.8. The van der Waals surface area contributed by atoms with Crippen LogP contribution < -0.4 is 5.69 Å². The zero-order valence-corrected chi connectivity index (χ0v) is 15.5. The van der Waals surface area contributed by atoms with Gasteiger partial charge in [0, 0.05) is 22.5 Å². The first-order valence-corrected chi connectivity index (χ1v) is 9.18. The van der Waals surface area contributed by atoms with E-state index in [4.69, 9.17) is 11.6 Å². The molecule has 0 spiro atoms. The molecule has 0 aliphatic carbocycles. The summed E-state index contributed by atoms with van der Waals surface area (Å²) in [6, 6.07) is 5.61. The van der Waals surface area contributed by atoms with E-state index in [-0.39, 0.29) is 30.2 Å². The van der Waals surface area contributed by atoms with Crippen LogP contribution in [0.5, 0.6) is 0 Å². The first-order valence-electron chi connectivity index (χ1n) is 8.80. The summed E-state index contributed by atoms with van der Waals surface area (Å²) in [4.78, 5) is 31.6. The highest BCUT2D eigenvalue weighted by Crippen LogP contribution is 2.23. The van der Waals surface area contributed by atoms with Gasteiger partial charge < -0.3 is 4.90 Å². The lowest BCUT2D eigenvalue weighted by atomic mass is 9.97. The number of amides is 1. The Morgan fingerprint density at radius 3 is 2.73 bits per heavy atom. The first-order chi connectivity index (χ1) is 12.5. The van der Waals surface area contributed by atoms with Gasteiger partial charge in [0.05, 0.1) is 5.52 Å². The molecule has 0 bridgehead atoms. The fraction of sp³-hybridized carbons (Fsp3) is 0.444. The van der Waals surface area contributed by atoms with Crippen LogP contribution in [0.4, 0.5) is 0 Å². The van der Waals surface area contributed by atoms with Crippen LogP contribution in [-0.2, 0) is 11.3 Å². The molecule has 1 aliphatic rings. The van der Waals surface area contributed by atoms with Crippen LogP contribution in [0.15, 0.2) is 29.3 Å². The highest BCUT2D eigenvalue weighted by atomic mass is 35.5. The molecular weight excluding hydrogens is 354 g/mol. The summed E-state index contributed by atoms with van der Waals surface area (Å²) in [5.41, 5.74) is 0.769. The fourth-order valence-corrected chi connectivity index (χ4v) is 4.02. The van der Waals surface area contributed by atoms with Crippen LogP contribution in [0.1, 0.15) is 33.1 Å². The predicted octanol–water partition coefficient (Wildman–Crippen LogP) is 2.49. The second-order valence-electron chi connectivity index (χ2n) is 6.97. The molecule has 8 heteroatoms.